The maximum atomic E-state index is 5.43. The van der Waals surface area contributed by atoms with Crippen molar-refractivity contribution < 1.29 is 4.74 Å². The maximum Gasteiger partial charge on any atom is 0.148 e. The minimum atomic E-state index is 0.441. The highest BCUT2D eigenvalue weighted by atomic mass is 16.5. The molecule has 2 rings (SSSR count). The minimum absolute atomic E-state index is 0.441. The average Bonchev–Trinajstić information content (AvgIpc) is 2.95. The third kappa shape index (κ3) is 3.76. The molecule has 0 bridgehead atoms. The van der Waals surface area contributed by atoms with Crippen LogP contribution in [-0.4, -0.2) is 16.4 Å². The van der Waals surface area contributed by atoms with Gasteiger partial charge in [0.05, 0.1) is 6.61 Å². The molecule has 1 N–H and O–H groups in total. The van der Waals surface area contributed by atoms with Crippen LogP contribution >= 0.6 is 0 Å². The zero-order valence-electron chi connectivity index (χ0n) is 12.5. The second-order valence-corrected chi connectivity index (χ2v) is 4.87. The smallest absolute Gasteiger partial charge is 0.148 e. The van der Waals surface area contributed by atoms with E-state index in [-0.39, 0.29) is 0 Å². The molecule has 20 heavy (non-hydrogen) atoms. The van der Waals surface area contributed by atoms with Crippen LogP contribution in [0.1, 0.15) is 38.8 Å². The summed E-state index contributed by atoms with van der Waals surface area (Å²) < 4.78 is 7.43. The molecule has 1 aromatic carbocycles. The Bertz CT molecular complexity index is 519. The van der Waals surface area contributed by atoms with Crippen molar-refractivity contribution in [2.24, 2.45) is 0 Å². The van der Waals surface area contributed by atoms with Gasteiger partial charge in [-0.1, -0.05) is 19.1 Å². The van der Waals surface area contributed by atoms with E-state index in [1.54, 1.807) is 0 Å². The van der Waals surface area contributed by atoms with Crippen molar-refractivity contribution in [1.82, 2.24) is 9.78 Å². The van der Waals surface area contributed by atoms with Crippen LogP contribution in [0.5, 0.6) is 5.75 Å². The van der Waals surface area contributed by atoms with Crippen LogP contribution < -0.4 is 10.1 Å². The van der Waals surface area contributed by atoms with Gasteiger partial charge in [-0.15, -0.1) is 0 Å². The molecule has 0 aliphatic carbocycles. The fourth-order valence-corrected chi connectivity index (χ4v) is 1.93. The van der Waals surface area contributed by atoms with Gasteiger partial charge in [0, 0.05) is 24.8 Å². The van der Waals surface area contributed by atoms with Crippen molar-refractivity contribution in [2.45, 2.75) is 39.8 Å². The van der Waals surface area contributed by atoms with Crippen LogP contribution in [0.15, 0.2) is 36.5 Å². The van der Waals surface area contributed by atoms with Crippen LogP contribution in [0.3, 0.4) is 0 Å². The first-order valence-electron chi connectivity index (χ1n) is 7.23. The van der Waals surface area contributed by atoms with Crippen LogP contribution in [0, 0.1) is 0 Å². The third-order valence-electron chi connectivity index (χ3n) is 3.36. The van der Waals surface area contributed by atoms with Gasteiger partial charge in [-0.05, 0) is 38.0 Å². The molecule has 1 atom stereocenters. The molecule has 0 radical (unpaired) electrons. The maximum absolute atomic E-state index is 5.43. The van der Waals surface area contributed by atoms with Gasteiger partial charge in [0.2, 0.25) is 0 Å². The summed E-state index contributed by atoms with van der Waals surface area (Å²) >= 11 is 0. The molecule has 108 valence electrons. The van der Waals surface area contributed by atoms with Crippen molar-refractivity contribution in [2.75, 3.05) is 11.9 Å². The van der Waals surface area contributed by atoms with E-state index in [0.717, 1.165) is 24.5 Å². The molecule has 0 unspecified atom stereocenters. The summed E-state index contributed by atoms with van der Waals surface area (Å²) in [5.74, 6) is 1.83. The Morgan fingerprint density at radius 1 is 1.20 bits per heavy atom. The monoisotopic (exact) mass is 273 g/mol. The molecule has 0 aliphatic rings. The van der Waals surface area contributed by atoms with E-state index in [9.17, 15) is 0 Å². The van der Waals surface area contributed by atoms with Gasteiger partial charge in [-0.2, -0.15) is 5.10 Å². The largest absolute Gasteiger partial charge is 0.494 e. The number of aromatic nitrogens is 2. The summed E-state index contributed by atoms with van der Waals surface area (Å²) in [6.07, 6.45) is 3.11. The quantitative estimate of drug-likeness (QED) is 0.832. The standard InChI is InChI=1S/C16H23N3O/c1-4-13(3)19-11-10-16(18-19)17-12-14-6-8-15(9-7-14)20-5-2/h6-11,13H,4-5,12H2,1-3H3,(H,17,18)/t13-/m1/s1. The molecule has 1 aromatic heterocycles. The topological polar surface area (TPSA) is 39.1 Å². The summed E-state index contributed by atoms with van der Waals surface area (Å²) in [6.45, 7) is 7.79. The Morgan fingerprint density at radius 2 is 1.95 bits per heavy atom. The Labute approximate surface area is 120 Å². The van der Waals surface area contributed by atoms with Crippen LogP contribution in [-0.2, 0) is 6.54 Å². The minimum Gasteiger partial charge on any atom is -0.494 e. The molecule has 0 fully saturated rings. The summed E-state index contributed by atoms with van der Waals surface area (Å²) in [7, 11) is 0. The highest BCUT2D eigenvalue weighted by Gasteiger charge is 2.04. The first-order valence-corrected chi connectivity index (χ1v) is 7.23. The second kappa shape index (κ2) is 6.98. The third-order valence-corrected chi connectivity index (χ3v) is 3.36. The second-order valence-electron chi connectivity index (χ2n) is 4.87. The lowest BCUT2D eigenvalue weighted by molar-refractivity contribution is 0.340. The number of hydrogen-bond donors (Lipinski definition) is 1. The van der Waals surface area contributed by atoms with E-state index in [2.05, 4.69) is 36.4 Å². The van der Waals surface area contributed by atoms with Crippen molar-refractivity contribution in [3.05, 3.63) is 42.1 Å². The Morgan fingerprint density at radius 3 is 2.60 bits per heavy atom. The number of nitrogens with zero attached hydrogens (tertiary/aromatic N) is 2. The molecule has 0 aliphatic heterocycles. The first-order chi connectivity index (χ1) is 9.72. The molecule has 4 nitrogen and oxygen atoms in total. The molecule has 4 heteroatoms. The SMILES string of the molecule is CCOc1ccc(CNc2ccn([C@H](C)CC)n2)cc1. The van der Waals surface area contributed by atoms with E-state index >= 15 is 0 Å². The first kappa shape index (κ1) is 14.4. The van der Waals surface area contributed by atoms with Gasteiger partial charge in [-0.25, -0.2) is 0 Å². The zero-order valence-corrected chi connectivity index (χ0v) is 12.5. The number of hydrogen-bond acceptors (Lipinski definition) is 3. The molecule has 0 saturated heterocycles. The van der Waals surface area contributed by atoms with Crippen LogP contribution in [0.2, 0.25) is 0 Å². The lowest BCUT2D eigenvalue weighted by Crippen LogP contribution is -2.06. The van der Waals surface area contributed by atoms with Crippen molar-refractivity contribution >= 4 is 5.82 Å². The molecule has 0 spiro atoms. The summed E-state index contributed by atoms with van der Waals surface area (Å²) in [4.78, 5) is 0. The van der Waals surface area contributed by atoms with Crippen molar-refractivity contribution in [3.8, 4) is 5.75 Å². The summed E-state index contributed by atoms with van der Waals surface area (Å²) in [5, 5.41) is 7.86. The average molecular weight is 273 g/mol. The molecule has 0 saturated carbocycles. The Kier molecular flexibility index (Phi) is 5.04. The number of anilines is 1. The predicted octanol–water partition coefficient (Wildman–Crippen LogP) is 3.86. The highest BCUT2D eigenvalue weighted by Crippen LogP contribution is 2.15. The summed E-state index contributed by atoms with van der Waals surface area (Å²) in [6, 6.07) is 10.6. The highest BCUT2D eigenvalue weighted by molar-refractivity contribution is 5.35. The molecular weight excluding hydrogens is 250 g/mol. The number of benzene rings is 1. The Balaban J connectivity index is 1.89. The van der Waals surface area contributed by atoms with E-state index in [1.807, 2.05) is 36.0 Å². The van der Waals surface area contributed by atoms with Gasteiger partial charge in [0.25, 0.3) is 0 Å². The van der Waals surface area contributed by atoms with Gasteiger partial charge in [0.1, 0.15) is 11.6 Å². The molecule has 0 amide bonds. The molecular formula is C16H23N3O. The zero-order chi connectivity index (χ0) is 14.4. The van der Waals surface area contributed by atoms with Crippen molar-refractivity contribution in [1.29, 1.82) is 0 Å². The number of ether oxygens (including phenoxy) is 1. The molecule has 2 aromatic rings. The van der Waals surface area contributed by atoms with Gasteiger partial charge >= 0.3 is 0 Å². The van der Waals surface area contributed by atoms with Crippen LogP contribution in [0.4, 0.5) is 5.82 Å². The Hall–Kier alpha value is -1.97. The number of rotatable bonds is 7. The van der Waals surface area contributed by atoms with E-state index in [4.69, 9.17) is 4.74 Å². The van der Waals surface area contributed by atoms with Crippen LogP contribution in [0.25, 0.3) is 0 Å². The van der Waals surface area contributed by atoms with Gasteiger partial charge in [-0.3, -0.25) is 4.68 Å². The van der Waals surface area contributed by atoms with E-state index in [1.165, 1.54) is 5.56 Å². The predicted molar refractivity (Wildman–Crippen MR) is 82.2 cm³/mol. The summed E-state index contributed by atoms with van der Waals surface area (Å²) in [5.41, 5.74) is 1.21. The molecule has 1 heterocycles. The van der Waals surface area contributed by atoms with Gasteiger partial charge < -0.3 is 10.1 Å². The van der Waals surface area contributed by atoms with E-state index < -0.39 is 0 Å². The van der Waals surface area contributed by atoms with Gasteiger partial charge in [0.15, 0.2) is 0 Å². The lowest BCUT2D eigenvalue weighted by Gasteiger charge is -2.09. The fourth-order valence-electron chi connectivity index (χ4n) is 1.93. The van der Waals surface area contributed by atoms with E-state index in [0.29, 0.717) is 12.6 Å². The lowest BCUT2D eigenvalue weighted by atomic mass is 10.2. The number of nitrogens with one attached hydrogen (secondary N) is 1. The van der Waals surface area contributed by atoms with Crippen molar-refractivity contribution in [3.63, 3.8) is 0 Å². The normalized spacial score (nSPS) is 12.2. The fraction of sp³-hybridized carbons (Fsp3) is 0.438.